The molecule has 4 aromatic rings. The number of rotatable bonds is 10. The van der Waals surface area contributed by atoms with Crippen LogP contribution >= 0.6 is 0 Å². The Balaban J connectivity index is 1.95. The summed E-state index contributed by atoms with van der Waals surface area (Å²) in [6.07, 6.45) is 0. The molecule has 4 aromatic carbocycles. The van der Waals surface area contributed by atoms with E-state index in [-0.39, 0.29) is 37.9 Å². The van der Waals surface area contributed by atoms with E-state index in [0.29, 0.717) is 22.3 Å². The van der Waals surface area contributed by atoms with Gasteiger partial charge < -0.3 is 29.2 Å². The quantitative estimate of drug-likeness (QED) is 0.231. The van der Waals surface area contributed by atoms with Crippen LogP contribution in [0.2, 0.25) is 0 Å². The summed E-state index contributed by atoms with van der Waals surface area (Å²) in [6, 6.07) is 24.9. The number of ether oxygens (including phenoxy) is 4. The molecule has 0 saturated carbocycles. The highest BCUT2D eigenvalue weighted by atomic mass is 16.5. The monoisotopic (exact) mass is 526 g/mol. The molecule has 2 N–H and O–H groups in total. The normalized spacial score (nSPS) is 13.3. The van der Waals surface area contributed by atoms with Crippen molar-refractivity contribution in [2.45, 2.75) is 31.8 Å². The average molecular weight is 527 g/mol. The fourth-order valence-corrected chi connectivity index (χ4v) is 6.04. The molecule has 0 aromatic heterocycles. The van der Waals surface area contributed by atoms with Crippen LogP contribution in [-0.2, 0) is 50.8 Å². The number of phenols is 2. The van der Waals surface area contributed by atoms with Gasteiger partial charge in [0.2, 0.25) is 0 Å². The molecule has 0 aliphatic heterocycles. The minimum atomic E-state index is -0.759. The molecule has 0 unspecified atom stereocenters. The molecule has 0 radical (unpaired) electrons. The van der Waals surface area contributed by atoms with Crippen LogP contribution < -0.4 is 0 Å². The van der Waals surface area contributed by atoms with Crippen LogP contribution in [0.4, 0.5) is 0 Å². The largest absolute Gasteiger partial charge is 0.507 e. The van der Waals surface area contributed by atoms with E-state index in [0.717, 1.165) is 33.4 Å². The highest BCUT2D eigenvalue weighted by molar-refractivity contribution is 5.86. The third-order valence-corrected chi connectivity index (χ3v) is 7.55. The number of hydrogen-bond donors (Lipinski definition) is 2. The summed E-state index contributed by atoms with van der Waals surface area (Å²) in [4.78, 5) is 0. The fourth-order valence-electron chi connectivity index (χ4n) is 6.04. The second kappa shape index (κ2) is 11.2. The molecule has 0 amide bonds. The lowest BCUT2D eigenvalue weighted by molar-refractivity contribution is 0.174. The summed E-state index contributed by atoms with van der Waals surface area (Å²) in [5, 5.41) is 22.2. The van der Waals surface area contributed by atoms with Crippen LogP contribution in [0.5, 0.6) is 11.5 Å². The van der Waals surface area contributed by atoms with Crippen molar-refractivity contribution in [1.82, 2.24) is 0 Å². The third kappa shape index (κ3) is 4.39. The van der Waals surface area contributed by atoms with Crippen molar-refractivity contribution in [3.63, 3.8) is 0 Å². The maximum atomic E-state index is 11.1. The molecule has 0 spiro atoms. The zero-order valence-corrected chi connectivity index (χ0v) is 22.8. The van der Waals surface area contributed by atoms with Crippen LogP contribution in [0.3, 0.4) is 0 Å². The van der Waals surface area contributed by atoms with Crippen molar-refractivity contribution in [3.8, 4) is 22.6 Å². The Bertz CT molecular complexity index is 1320. The van der Waals surface area contributed by atoms with E-state index in [2.05, 4.69) is 48.5 Å². The zero-order chi connectivity index (χ0) is 27.6. The van der Waals surface area contributed by atoms with E-state index in [1.807, 2.05) is 24.3 Å². The van der Waals surface area contributed by atoms with Gasteiger partial charge in [-0.05, 0) is 57.6 Å². The van der Waals surface area contributed by atoms with Crippen molar-refractivity contribution < 1.29 is 29.2 Å². The SMILES string of the molecule is COCc1cc(C2(c3cc(COC)c(O)c(COC)c3)c3ccccc3-c3ccccc32)cc(COC)c1O. The number of hydrogen-bond acceptors (Lipinski definition) is 6. The van der Waals surface area contributed by atoms with E-state index in [4.69, 9.17) is 18.9 Å². The van der Waals surface area contributed by atoms with Crippen LogP contribution in [-0.4, -0.2) is 38.7 Å². The van der Waals surface area contributed by atoms with Gasteiger partial charge in [-0.15, -0.1) is 0 Å². The van der Waals surface area contributed by atoms with Crippen molar-refractivity contribution in [1.29, 1.82) is 0 Å². The Morgan fingerprint density at radius 1 is 0.513 bits per heavy atom. The van der Waals surface area contributed by atoms with E-state index >= 15 is 0 Å². The van der Waals surface area contributed by atoms with Crippen molar-refractivity contribution in [2.24, 2.45) is 0 Å². The second-order valence-corrected chi connectivity index (χ2v) is 9.86. The Morgan fingerprint density at radius 3 is 1.13 bits per heavy atom. The molecular weight excluding hydrogens is 492 g/mol. The zero-order valence-electron chi connectivity index (χ0n) is 22.8. The summed E-state index contributed by atoms with van der Waals surface area (Å²) >= 11 is 0. The van der Waals surface area contributed by atoms with Gasteiger partial charge in [0, 0.05) is 50.7 Å². The van der Waals surface area contributed by atoms with Gasteiger partial charge in [-0.3, -0.25) is 0 Å². The van der Waals surface area contributed by atoms with Crippen molar-refractivity contribution >= 4 is 0 Å². The third-order valence-electron chi connectivity index (χ3n) is 7.55. The van der Waals surface area contributed by atoms with Crippen molar-refractivity contribution in [2.75, 3.05) is 28.4 Å². The maximum Gasteiger partial charge on any atom is 0.126 e. The first-order valence-corrected chi connectivity index (χ1v) is 12.9. The molecule has 202 valence electrons. The molecule has 0 atom stereocenters. The van der Waals surface area contributed by atoms with Crippen molar-refractivity contribution in [3.05, 3.63) is 117 Å². The molecule has 6 heteroatoms. The number of aromatic hydroxyl groups is 2. The van der Waals surface area contributed by atoms with Gasteiger partial charge in [0.05, 0.1) is 31.8 Å². The first-order valence-electron chi connectivity index (χ1n) is 12.9. The van der Waals surface area contributed by atoms with Gasteiger partial charge in [0.25, 0.3) is 0 Å². The Hall–Kier alpha value is -3.68. The van der Waals surface area contributed by atoms with Gasteiger partial charge in [0.15, 0.2) is 0 Å². The fraction of sp³-hybridized carbons (Fsp3) is 0.273. The van der Waals surface area contributed by atoms with Gasteiger partial charge in [-0.2, -0.15) is 0 Å². The smallest absolute Gasteiger partial charge is 0.126 e. The summed E-state index contributed by atoms with van der Waals surface area (Å²) < 4.78 is 22.0. The van der Waals surface area contributed by atoms with E-state index < -0.39 is 5.41 Å². The molecule has 0 heterocycles. The van der Waals surface area contributed by atoms with Gasteiger partial charge in [0.1, 0.15) is 11.5 Å². The lowest BCUT2D eigenvalue weighted by Gasteiger charge is -2.35. The second-order valence-electron chi connectivity index (χ2n) is 9.86. The molecule has 0 fully saturated rings. The lowest BCUT2D eigenvalue weighted by Crippen LogP contribution is -2.29. The molecule has 0 saturated heterocycles. The van der Waals surface area contributed by atoms with E-state index in [1.165, 1.54) is 0 Å². The number of benzene rings is 4. The number of phenolic OH excluding ortho intramolecular Hbond substituents is 2. The van der Waals surface area contributed by atoms with Crippen LogP contribution in [0.25, 0.3) is 11.1 Å². The standard InChI is InChI=1S/C33H34O6/c1-36-17-21-13-25(14-22(18-37-2)31(21)34)33(26-15-23(19-38-3)32(35)24(16-26)20-39-4)29-11-7-5-9-27(29)28-10-6-8-12-30(28)33/h5-16,34-35H,17-20H2,1-4H3. The molecule has 6 nitrogen and oxygen atoms in total. The molecule has 0 bridgehead atoms. The van der Waals surface area contributed by atoms with Crippen LogP contribution in [0.15, 0.2) is 72.8 Å². The van der Waals surface area contributed by atoms with E-state index in [9.17, 15) is 10.2 Å². The Morgan fingerprint density at radius 2 is 0.821 bits per heavy atom. The summed E-state index contributed by atoms with van der Waals surface area (Å²) in [5.41, 5.74) is 8.38. The first-order chi connectivity index (χ1) is 19.0. The Kier molecular flexibility index (Phi) is 7.73. The molecule has 39 heavy (non-hydrogen) atoms. The number of fused-ring (bicyclic) bond motifs is 3. The van der Waals surface area contributed by atoms with E-state index in [1.54, 1.807) is 28.4 Å². The highest BCUT2D eigenvalue weighted by Gasteiger charge is 2.47. The summed E-state index contributed by atoms with van der Waals surface area (Å²) in [7, 11) is 6.47. The summed E-state index contributed by atoms with van der Waals surface area (Å²) in [6.45, 7) is 0.981. The van der Waals surface area contributed by atoms with Gasteiger partial charge in [-0.1, -0.05) is 48.5 Å². The predicted octanol–water partition coefficient (Wildman–Crippen LogP) is 6.05. The molecule has 1 aliphatic carbocycles. The Labute approximate surface area is 229 Å². The average Bonchev–Trinajstić information content (AvgIpc) is 3.25. The van der Waals surface area contributed by atoms with Crippen LogP contribution in [0, 0.1) is 0 Å². The molecular formula is C33H34O6. The first kappa shape index (κ1) is 26.9. The predicted molar refractivity (Wildman–Crippen MR) is 150 cm³/mol. The summed E-state index contributed by atoms with van der Waals surface area (Å²) in [5.74, 6) is 0.339. The van der Waals surface area contributed by atoms with Crippen LogP contribution in [0.1, 0.15) is 44.5 Å². The van der Waals surface area contributed by atoms with Gasteiger partial charge in [-0.25, -0.2) is 0 Å². The maximum absolute atomic E-state index is 11.1. The minimum Gasteiger partial charge on any atom is -0.507 e. The highest BCUT2D eigenvalue weighted by Crippen LogP contribution is 2.57. The van der Waals surface area contributed by atoms with Gasteiger partial charge >= 0.3 is 0 Å². The number of methoxy groups -OCH3 is 4. The topological polar surface area (TPSA) is 77.4 Å². The molecule has 1 aliphatic rings. The minimum absolute atomic E-state index is 0.169. The lowest BCUT2D eigenvalue weighted by atomic mass is 9.66. The molecule has 5 rings (SSSR count).